The molecule has 2 heterocycles. The summed E-state index contributed by atoms with van der Waals surface area (Å²) in [6, 6.07) is 6.60. The van der Waals surface area contributed by atoms with Gasteiger partial charge in [0.05, 0.1) is 5.56 Å². The molecule has 0 spiro atoms. The van der Waals surface area contributed by atoms with Gasteiger partial charge in [0, 0.05) is 16.0 Å². The third-order valence-corrected chi connectivity index (χ3v) is 5.00. The molecule has 0 bridgehead atoms. The first-order valence-electron chi connectivity index (χ1n) is 5.39. The second kappa shape index (κ2) is 4.99. The SMILES string of the molecule is Cc1cc(S(=O)(=O)Nc2ncccc2C#N)c(C)s1. The van der Waals surface area contributed by atoms with Crippen LogP contribution in [0.5, 0.6) is 0 Å². The Bertz CT molecular complexity index is 758. The van der Waals surface area contributed by atoms with Crippen molar-refractivity contribution in [1.82, 2.24) is 4.98 Å². The predicted molar refractivity (Wildman–Crippen MR) is 73.6 cm³/mol. The highest BCUT2D eigenvalue weighted by Crippen LogP contribution is 2.26. The summed E-state index contributed by atoms with van der Waals surface area (Å²) in [6.07, 6.45) is 1.43. The molecule has 5 nitrogen and oxygen atoms in total. The first kappa shape index (κ1) is 13.5. The molecule has 0 saturated carbocycles. The summed E-state index contributed by atoms with van der Waals surface area (Å²) in [5, 5.41) is 8.92. The number of hydrogen-bond acceptors (Lipinski definition) is 5. The Balaban J connectivity index is 2.43. The molecule has 0 aromatic carbocycles. The monoisotopic (exact) mass is 293 g/mol. The number of anilines is 1. The van der Waals surface area contributed by atoms with E-state index in [-0.39, 0.29) is 16.3 Å². The summed E-state index contributed by atoms with van der Waals surface area (Å²) < 4.78 is 26.9. The predicted octanol–water partition coefficient (Wildman–Crippen LogP) is 2.43. The second-order valence-corrected chi connectivity index (χ2v) is 7.01. The van der Waals surface area contributed by atoms with Crippen LogP contribution in [0.2, 0.25) is 0 Å². The molecule has 0 radical (unpaired) electrons. The molecule has 0 unspecified atom stereocenters. The summed E-state index contributed by atoms with van der Waals surface area (Å²) in [4.78, 5) is 5.74. The first-order valence-corrected chi connectivity index (χ1v) is 7.69. The number of hydrogen-bond donors (Lipinski definition) is 1. The van der Waals surface area contributed by atoms with Gasteiger partial charge in [-0.2, -0.15) is 5.26 Å². The molecular formula is C12H11N3O2S2. The van der Waals surface area contributed by atoms with E-state index in [1.165, 1.54) is 23.6 Å². The third kappa shape index (κ3) is 2.75. The zero-order chi connectivity index (χ0) is 14.0. The van der Waals surface area contributed by atoms with Gasteiger partial charge >= 0.3 is 0 Å². The number of pyridine rings is 1. The smallest absolute Gasteiger partial charge is 0.262 e. The lowest BCUT2D eigenvalue weighted by Crippen LogP contribution is -2.15. The van der Waals surface area contributed by atoms with Crippen LogP contribution in [-0.2, 0) is 10.0 Å². The van der Waals surface area contributed by atoms with Gasteiger partial charge in [0.15, 0.2) is 5.82 Å². The fourth-order valence-electron chi connectivity index (χ4n) is 1.63. The maximum absolute atomic E-state index is 12.3. The molecule has 19 heavy (non-hydrogen) atoms. The van der Waals surface area contributed by atoms with Crippen LogP contribution in [0.15, 0.2) is 29.3 Å². The van der Waals surface area contributed by atoms with E-state index in [2.05, 4.69) is 9.71 Å². The van der Waals surface area contributed by atoms with Gasteiger partial charge in [0.1, 0.15) is 11.0 Å². The lowest BCUT2D eigenvalue weighted by atomic mass is 10.3. The van der Waals surface area contributed by atoms with E-state index in [4.69, 9.17) is 5.26 Å². The molecule has 0 amide bonds. The Morgan fingerprint density at radius 1 is 1.42 bits per heavy atom. The van der Waals surface area contributed by atoms with Crippen LogP contribution in [0, 0.1) is 25.2 Å². The summed E-state index contributed by atoms with van der Waals surface area (Å²) in [5.41, 5.74) is 0.190. The van der Waals surface area contributed by atoms with Crippen LogP contribution in [0.3, 0.4) is 0 Å². The van der Waals surface area contributed by atoms with Crippen LogP contribution in [-0.4, -0.2) is 13.4 Å². The molecule has 2 aromatic heterocycles. The van der Waals surface area contributed by atoms with E-state index >= 15 is 0 Å². The van der Waals surface area contributed by atoms with E-state index in [1.807, 2.05) is 13.0 Å². The van der Waals surface area contributed by atoms with Crippen molar-refractivity contribution in [3.63, 3.8) is 0 Å². The molecule has 0 aliphatic heterocycles. The Morgan fingerprint density at radius 3 is 2.74 bits per heavy atom. The highest BCUT2D eigenvalue weighted by molar-refractivity contribution is 7.93. The van der Waals surface area contributed by atoms with E-state index in [0.29, 0.717) is 4.88 Å². The van der Waals surface area contributed by atoms with Gasteiger partial charge in [0.2, 0.25) is 0 Å². The lowest BCUT2D eigenvalue weighted by Gasteiger charge is -2.07. The standard InChI is InChI=1S/C12H11N3O2S2/c1-8-6-11(9(2)18-8)19(16,17)15-12-10(7-13)4-3-5-14-12/h3-6H,1-2H3,(H,14,15). The maximum atomic E-state index is 12.3. The Kier molecular flexibility index (Phi) is 3.55. The number of thiophene rings is 1. The molecule has 0 aliphatic rings. The Hall–Kier alpha value is -1.91. The molecule has 0 atom stereocenters. The normalized spacial score (nSPS) is 11.0. The lowest BCUT2D eigenvalue weighted by molar-refractivity contribution is 0.601. The van der Waals surface area contributed by atoms with Crippen LogP contribution >= 0.6 is 11.3 Å². The molecule has 98 valence electrons. The van der Waals surface area contributed by atoms with E-state index in [0.717, 1.165) is 4.88 Å². The summed E-state index contributed by atoms with van der Waals surface area (Å²) in [5.74, 6) is 0.0493. The zero-order valence-corrected chi connectivity index (χ0v) is 12.0. The van der Waals surface area contributed by atoms with Crippen molar-refractivity contribution in [1.29, 1.82) is 5.26 Å². The number of aryl methyl sites for hydroxylation is 2. The zero-order valence-electron chi connectivity index (χ0n) is 10.3. The Labute approximate surface area is 115 Å². The van der Waals surface area contributed by atoms with Crippen LogP contribution in [0.25, 0.3) is 0 Å². The van der Waals surface area contributed by atoms with Crippen molar-refractivity contribution in [2.75, 3.05) is 4.72 Å². The topological polar surface area (TPSA) is 82.8 Å². The van der Waals surface area contributed by atoms with Gasteiger partial charge < -0.3 is 0 Å². The van der Waals surface area contributed by atoms with Crippen LogP contribution in [0.4, 0.5) is 5.82 Å². The van der Waals surface area contributed by atoms with Crippen molar-refractivity contribution < 1.29 is 8.42 Å². The average Bonchev–Trinajstić information content (AvgIpc) is 2.69. The van der Waals surface area contributed by atoms with Crippen molar-refractivity contribution in [2.45, 2.75) is 18.7 Å². The largest absolute Gasteiger partial charge is 0.264 e. The molecule has 7 heteroatoms. The number of rotatable bonds is 3. The number of aromatic nitrogens is 1. The minimum Gasteiger partial charge on any atom is -0.262 e. The van der Waals surface area contributed by atoms with Gasteiger partial charge in [-0.25, -0.2) is 13.4 Å². The van der Waals surface area contributed by atoms with Gasteiger partial charge in [-0.15, -0.1) is 11.3 Å². The fraction of sp³-hybridized carbons (Fsp3) is 0.167. The molecule has 1 N–H and O–H groups in total. The highest BCUT2D eigenvalue weighted by Gasteiger charge is 2.20. The molecule has 0 saturated heterocycles. The quantitative estimate of drug-likeness (QED) is 0.942. The summed E-state index contributed by atoms with van der Waals surface area (Å²) >= 11 is 1.41. The molecule has 0 fully saturated rings. The maximum Gasteiger partial charge on any atom is 0.264 e. The molecule has 2 rings (SSSR count). The summed E-state index contributed by atoms with van der Waals surface area (Å²) in [6.45, 7) is 3.59. The van der Waals surface area contributed by atoms with E-state index in [1.54, 1.807) is 19.1 Å². The first-order chi connectivity index (χ1) is 8.94. The number of nitrogens with zero attached hydrogens (tertiary/aromatic N) is 2. The Morgan fingerprint density at radius 2 is 2.16 bits per heavy atom. The van der Waals surface area contributed by atoms with Crippen LogP contribution < -0.4 is 4.72 Å². The van der Waals surface area contributed by atoms with Crippen molar-refractivity contribution >= 4 is 27.2 Å². The van der Waals surface area contributed by atoms with E-state index < -0.39 is 10.0 Å². The van der Waals surface area contributed by atoms with E-state index in [9.17, 15) is 8.42 Å². The van der Waals surface area contributed by atoms with Crippen molar-refractivity contribution in [3.8, 4) is 6.07 Å². The van der Waals surface area contributed by atoms with Crippen molar-refractivity contribution in [2.24, 2.45) is 0 Å². The molecule has 2 aromatic rings. The number of sulfonamides is 1. The summed E-state index contributed by atoms with van der Waals surface area (Å²) in [7, 11) is -3.71. The third-order valence-electron chi connectivity index (χ3n) is 2.44. The van der Waals surface area contributed by atoms with Gasteiger partial charge in [-0.3, -0.25) is 4.72 Å². The number of nitrogens with one attached hydrogen (secondary N) is 1. The fourth-order valence-corrected chi connectivity index (χ4v) is 4.22. The van der Waals surface area contributed by atoms with Crippen molar-refractivity contribution in [3.05, 3.63) is 39.7 Å². The minimum atomic E-state index is -3.71. The molecule has 0 aliphatic carbocycles. The van der Waals surface area contributed by atoms with Gasteiger partial charge in [-0.1, -0.05) is 0 Å². The van der Waals surface area contributed by atoms with Gasteiger partial charge in [-0.05, 0) is 32.0 Å². The number of nitriles is 1. The highest BCUT2D eigenvalue weighted by atomic mass is 32.2. The van der Waals surface area contributed by atoms with Crippen LogP contribution in [0.1, 0.15) is 15.3 Å². The minimum absolute atomic E-state index is 0.0493. The second-order valence-electron chi connectivity index (χ2n) is 3.89. The molecular weight excluding hydrogens is 282 g/mol. The van der Waals surface area contributed by atoms with Gasteiger partial charge in [0.25, 0.3) is 10.0 Å². The average molecular weight is 293 g/mol.